The van der Waals surface area contributed by atoms with E-state index in [-0.39, 0.29) is 6.10 Å². The molecule has 4 nitrogen and oxygen atoms in total. The number of hydrogen-bond acceptors (Lipinski definition) is 3. The van der Waals surface area contributed by atoms with Gasteiger partial charge in [-0.15, -0.1) is 6.58 Å². The van der Waals surface area contributed by atoms with Crippen LogP contribution in [0.15, 0.2) is 36.9 Å². The van der Waals surface area contributed by atoms with Gasteiger partial charge in [0.15, 0.2) is 16.7 Å². The zero-order valence-corrected chi connectivity index (χ0v) is 11.9. The molecule has 1 heterocycles. The van der Waals surface area contributed by atoms with Crippen molar-refractivity contribution in [1.29, 1.82) is 0 Å². The van der Waals surface area contributed by atoms with Gasteiger partial charge >= 0.3 is 0 Å². The number of aromatic amines is 1. The second-order valence-electron chi connectivity index (χ2n) is 4.36. The first-order valence-corrected chi connectivity index (χ1v) is 6.52. The van der Waals surface area contributed by atoms with Gasteiger partial charge in [-0.2, -0.15) is 5.10 Å². The van der Waals surface area contributed by atoms with E-state index in [0.717, 1.165) is 11.6 Å². The molecule has 5 heteroatoms. The SMILES string of the molecule is C=CCn1c([C@H](C)Oc2ccc(C)cc2)n[nH]c1=S. The second-order valence-corrected chi connectivity index (χ2v) is 4.75. The predicted octanol–water partition coefficient (Wildman–Crippen LogP) is 3.58. The summed E-state index contributed by atoms with van der Waals surface area (Å²) in [6.07, 6.45) is 1.60. The van der Waals surface area contributed by atoms with Crippen LogP contribution in [0.3, 0.4) is 0 Å². The van der Waals surface area contributed by atoms with Crippen molar-refractivity contribution >= 4 is 12.2 Å². The van der Waals surface area contributed by atoms with Crippen molar-refractivity contribution in [3.05, 3.63) is 53.1 Å². The van der Waals surface area contributed by atoms with Gasteiger partial charge in [0.05, 0.1) is 0 Å². The van der Waals surface area contributed by atoms with E-state index in [1.807, 2.05) is 42.7 Å². The van der Waals surface area contributed by atoms with Crippen molar-refractivity contribution in [2.24, 2.45) is 0 Å². The lowest BCUT2D eigenvalue weighted by Crippen LogP contribution is -2.11. The molecule has 1 aromatic heterocycles. The van der Waals surface area contributed by atoms with Crippen molar-refractivity contribution in [2.75, 3.05) is 0 Å². The molecule has 100 valence electrons. The van der Waals surface area contributed by atoms with E-state index in [1.165, 1.54) is 5.56 Å². The summed E-state index contributed by atoms with van der Waals surface area (Å²) in [6, 6.07) is 7.93. The average Bonchev–Trinajstić information content (AvgIpc) is 2.75. The average molecular weight is 275 g/mol. The molecule has 0 amide bonds. The molecule has 1 N–H and O–H groups in total. The standard InChI is InChI=1S/C14H17N3OS/c1-4-9-17-13(15-16-14(17)19)11(3)18-12-7-5-10(2)6-8-12/h4-8,11H,1,9H2,2-3H3,(H,16,19)/t11-/m0/s1. The molecular weight excluding hydrogens is 258 g/mol. The zero-order valence-electron chi connectivity index (χ0n) is 11.1. The number of aromatic nitrogens is 3. The van der Waals surface area contributed by atoms with Crippen LogP contribution in [0.2, 0.25) is 0 Å². The Bertz CT molecular complexity index is 612. The molecule has 0 aliphatic carbocycles. The quantitative estimate of drug-likeness (QED) is 0.670. The summed E-state index contributed by atoms with van der Waals surface area (Å²) in [5.41, 5.74) is 1.20. The molecule has 0 unspecified atom stereocenters. The lowest BCUT2D eigenvalue weighted by atomic mass is 10.2. The zero-order chi connectivity index (χ0) is 13.8. The molecule has 1 aromatic carbocycles. The Morgan fingerprint density at radius 2 is 2.16 bits per heavy atom. The normalized spacial score (nSPS) is 12.1. The van der Waals surface area contributed by atoms with Crippen LogP contribution in [0.4, 0.5) is 0 Å². The molecule has 0 aliphatic heterocycles. The molecule has 0 saturated heterocycles. The highest BCUT2D eigenvalue weighted by atomic mass is 32.1. The minimum atomic E-state index is -0.185. The van der Waals surface area contributed by atoms with Crippen LogP contribution in [0.1, 0.15) is 24.4 Å². The Balaban J connectivity index is 2.20. The number of allylic oxidation sites excluding steroid dienone is 1. The van der Waals surface area contributed by atoms with E-state index in [9.17, 15) is 0 Å². The van der Waals surface area contributed by atoms with Crippen LogP contribution >= 0.6 is 12.2 Å². The van der Waals surface area contributed by atoms with Gasteiger partial charge in [-0.3, -0.25) is 9.67 Å². The summed E-state index contributed by atoms with van der Waals surface area (Å²) in [5.74, 6) is 1.59. The lowest BCUT2D eigenvalue weighted by Gasteiger charge is -2.14. The number of nitrogens with zero attached hydrogens (tertiary/aromatic N) is 2. The first-order valence-electron chi connectivity index (χ1n) is 6.11. The largest absolute Gasteiger partial charge is 0.483 e. The van der Waals surface area contributed by atoms with Gasteiger partial charge in [0.1, 0.15) is 5.75 Å². The Morgan fingerprint density at radius 3 is 2.79 bits per heavy atom. The highest BCUT2D eigenvalue weighted by Gasteiger charge is 2.15. The highest BCUT2D eigenvalue weighted by molar-refractivity contribution is 7.71. The maximum Gasteiger partial charge on any atom is 0.195 e. The number of rotatable bonds is 5. The molecule has 0 fully saturated rings. The third-order valence-electron chi connectivity index (χ3n) is 2.80. The lowest BCUT2D eigenvalue weighted by molar-refractivity contribution is 0.211. The molecular formula is C14H17N3OS. The van der Waals surface area contributed by atoms with Gasteiger partial charge in [0.2, 0.25) is 0 Å². The number of nitrogens with one attached hydrogen (secondary N) is 1. The summed E-state index contributed by atoms with van der Waals surface area (Å²) in [7, 11) is 0. The molecule has 19 heavy (non-hydrogen) atoms. The van der Waals surface area contributed by atoms with E-state index in [4.69, 9.17) is 17.0 Å². The number of H-pyrrole nitrogens is 1. The monoisotopic (exact) mass is 275 g/mol. The summed E-state index contributed by atoms with van der Waals surface area (Å²) in [4.78, 5) is 0. The molecule has 2 aromatic rings. The van der Waals surface area contributed by atoms with Gasteiger partial charge in [0.25, 0.3) is 0 Å². The minimum Gasteiger partial charge on any atom is -0.483 e. The fourth-order valence-corrected chi connectivity index (χ4v) is 2.03. The number of benzene rings is 1. The first kappa shape index (κ1) is 13.5. The van der Waals surface area contributed by atoms with Crippen molar-refractivity contribution in [3.63, 3.8) is 0 Å². The van der Waals surface area contributed by atoms with Gasteiger partial charge in [-0.05, 0) is 38.2 Å². The Hall–Kier alpha value is -1.88. The molecule has 0 saturated carbocycles. The van der Waals surface area contributed by atoms with E-state index in [0.29, 0.717) is 11.3 Å². The molecule has 0 spiro atoms. The van der Waals surface area contributed by atoms with E-state index in [1.54, 1.807) is 6.08 Å². The van der Waals surface area contributed by atoms with Crippen LogP contribution in [-0.4, -0.2) is 14.8 Å². The fraction of sp³-hybridized carbons (Fsp3) is 0.286. The van der Waals surface area contributed by atoms with Crippen molar-refractivity contribution in [2.45, 2.75) is 26.5 Å². The third kappa shape index (κ3) is 3.12. The summed E-state index contributed by atoms with van der Waals surface area (Å²) < 4.78 is 8.33. The van der Waals surface area contributed by atoms with Crippen molar-refractivity contribution < 1.29 is 4.74 Å². The topological polar surface area (TPSA) is 42.8 Å². The molecule has 2 rings (SSSR count). The number of ether oxygens (including phenoxy) is 1. The van der Waals surface area contributed by atoms with Gasteiger partial charge in [-0.25, -0.2) is 0 Å². The van der Waals surface area contributed by atoms with E-state index < -0.39 is 0 Å². The molecule has 1 atom stereocenters. The number of aryl methyl sites for hydroxylation is 1. The van der Waals surface area contributed by atoms with Gasteiger partial charge in [-0.1, -0.05) is 23.8 Å². The van der Waals surface area contributed by atoms with Crippen molar-refractivity contribution in [1.82, 2.24) is 14.8 Å². The summed E-state index contributed by atoms with van der Waals surface area (Å²) in [5, 5.41) is 7.01. The van der Waals surface area contributed by atoms with Crippen LogP contribution in [0.5, 0.6) is 5.75 Å². The third-order valence-corrected chi connectivity index (χ3v) is 3.11. The highest BCUT2D eigenvalue weighted by Crippen LogP contribution is 2.20. The Morgan fingerprint density at radius 1 is 1.47 bits per heavy atom. The van der Waals surface area contributed by atoms with Crippen molar-refractivity contribution in [3.8, 4) is 5.75 Å². The van der Waals surface area contributed by atoms with E-state index in [2.05, 4.69) is 16.8 Å². The molecule has 0 bridgehead atoms. The summed E-state index contributed by atoms with van der Waals surface area (Å²) >= 11 is 5.18. The fourth-order valence-electron chi connectivity index (χ4n) is 1.82. The molecule has 0 aliphatic rings. The van der Waals surface area contributed by atoms with E-state index >= 15 is 0 Å². The second kappa shape index (κ2) is 5.84. The van der Waals surface area contributed by atoms with Crippen LogP contribution in [-0.2, 0) is 6.54 Å². The van der Waals surface area contributed by atoms with Crippen LogP contribution < -0.4 is 4.74 Å². The smallest absolute Gasteiger partial charge is 0.195 e. The Labute approximate surface area is 117 Å². The van der Waals surface area contributed by atoms with Gasteiger partial charge < -0.3 is 4.74 Å². The maximum atomic E-state index is 5.87. The minimum absolute atomic E-state index is 0.185. The number of hydrogen-bond donors (Lipinski definition) is 1. The first-order chi connectivity index (χ1) is 9.11. The Kier molecular flexibility index (Phi) is 4.16. The maximum absolute atomic E-state index is 5.87. The van der Waals surface area contributed by atoms with Gasteiger partial charge in [0, 0.05) is 6.54 Å². The predicted molar refractivity (Wildman–Crippen MR) is 77.8 cm³/mol. The van der Waals surface area contributed by atoms with Crippen LogP contribution in [0, 0.1) is 11.7 Å². The molecule has 0 radical (unpaired) electrons. The van der Waals surface area contributed by atoms with Crippen LogP contribution in [0.25, 0.3) is 0 Å². The summed E-state index contributed by atoms with van der Waals surface area (Å²) in [6.45, 7) is 8.33.